The summed E-state index contributed by atoms with van der Waals surface area (Å²) >= 11 is 0. The molecule has 0 fully saturated rings. The Morgan fingerprint density at radius 2 is 2.25 bits per heavy atom. The van der Waals surface area contributed by atoms with Gasteiger partial charge < -0.3 is 4.55 Å². The molecule has 0 bridgehead atoms. The van der Waals surface area contributed by atoms with E-state index >= 15 is 0 Å². The quantitative estimate of drug-likeness (QED) is 0.214. The van der Waals surface area contributed by atoms with E-state index in [4.69, 9.17) is 5.84 Å². The Morgan fingerprint density at radius 1 is 1.67 bits per heavy atom. The summed E-state index contributed by atoms with van der Waals surface area (Å²) < 4.78 is 35.1. The molecule has 0 saturated heterocycles. The number of hydrazine groups is 1. The minimum atomic E-state index is -4.48. The molecule has 1 aromatic heterocycles. The first kappa shape index (κ1) is 9.32. The third-order valence-electron chi connectivity index (χ3n) is 0.961. The van der Waals surface area contributed by atoms with Crippen LogP contribution in [0.5, 0.6) is 0 Å². The average molecular weight is 210 g/mol. The SMILES string of the molecule is Cc1nc(NN)[s+](S(=O)(=O)[O-])n1. The average Bonchev–Trinajstić information content (AvgIpc) is 2.29. The van der Waals surface area contributed by atoms with E-state index in [1.807, 2.05) is 5.43 Å². The molecule has 9 heteroatoms. The van der Waals surface area contributed by atoms with Gasteiger partial charge in [0, 0.05) is 6.92 Å². The summed E-state index contributed by atoms with van der Waals surface area (Å²) in [4.78, 5) is 3.62. The van der Waals surface area contributed by atoms with E-state index in [0.717, 1.165) is 0 Å². The Labute approximate surface area is 70.9 Å². The predicted octanol–water partition coefficient (Wildman–Crippen LogP) is -0.872. The molecule has 0 amide bonds. The van der Waals surface area contributed by atoms with Gasteiger partial charge in [0.2, 0.25) is 0 Å². The number of aromatic nitrogens is 2. The molecule has 0 aliphatic heterocycles. The van der Waals surface area contributed by atoms with Crippen LogP contribution in [0.1, 0.15) is 5.82 Å². The molecule has 0 aliphatic carbocycles. The summed E-state index contributed by atoms with van der Waals surface area (Å²) in [5.74, 6) is 5.16. The fourth-order valence-electron chi connectivity index (χ4n) is 0.595. The van der Waals surface area contributed by atoms with Crippen molar-refractivity contribution in [1.82, 2.24) is 9.36 Å². The number of nitrogens with zero attached hydrogens (tertiary/aromatic N) is 2. The summed E-state index contributed by atoms with van der Waals surface area (Å²) in [6.07, 6.45) is 0. The Bertz CT molecular complexity index is 382. The summed E-state index contributed by atoms with van der Waals surface area (Å²) in [7, 11) is -6.27. The number of nitrogens with one attached hydrogen (secondary N) is 1. The third kappa shape index (κ3) is 1.69. The molecular formula is C3H6N4O3S2. The molecule has 12 heavy (non-hydrogen) atoms. The van der Waals surface area contributed by atoms with Crippen molar-refractivity contribution in [2.75, 3.05) is 5.43 Å². The van der Waals surface area contributed by atoms with Crippen LogP contribution in [-0.2, 0) is 9.15 Å². The van der Waals surface area contributed by atoms with Crippen LogP contribution in [0.2, 0.25) is 0 Å². The monoisotopic (exact) mass is 210 g/mol. The van der Waals surface area contributed by atoms with Gasteiger partial charge in [0.1, 0.15) is 0 Å². The van der Waals surface area contributed by atoms with Crippen LogP contribution < -0.4 is 11.3 Å². The van der Waals surface area contributed by atoms with Gasteiger partial charge in [0.25, 0.3) is 9.70 Å². The van der Waals surface area contributed by atoms with E-state index in [0.29, 0.717) is 0 Å². The van der Waals surface area contributed by atoms with Gasteiger partial charge >= 0.3 is 14.3 Å². The second-order valence-corrected chi connectivity index (χ2v) is 5.91. The van der Waals surface area contributed by atoms with Crippen molar-refractivity contribution < 1.29 is 13.0 Å². The molecule has 0 saturated carbocycles. The van der Waals surface area contributed by atoms with Gasteiger partial charge in [0.15, 0.2) is 5.82 Å². The van der Waals surface area contributed by atoms with Crippen molar-refractivity contribution in [3.63, 3.8) is 0 Å². The molecular weight excluding hydrogens is 204 g/mol. The molecule has 1 heterocycles. The zero-order valence-corrected chi connectivity index (χ0v) is 7.65. The smallest absolute Gasteiger partial charge is 0.397 e. The van der Waals surface area contributed by atoms with E-state index in [1.165, 1.54) is 6.92 Å². The van der Waals surface area contributed by atoms with E-state index in [-0.39, 0.29) is 11.0 Å². The Morgan fingerprint density at radius 3 is 2.58 bits per heavy atom. The Hall–Kier alpha value is -0.770. The number of nitrogen functional groups attached to an aromatic ring is 1. The highest BCUT2D eigenvalue weighted by molar-refractivity contribution is 8.35. The number of hydrogen-bond donors (Lipinski definition) is 2. The lowest BCUT2D eigenvalue weighted by Crippen LogP contribution is -2.08. The maximum atomic E-state index is 10.5. The number of aryl methyl sites for hydroxylation is 1. The van der Waals surface area contributed by atoms with Crippen LogP contribution in [0.3, 0.4) is 0 Å². The highest BCUT2D eigenvalue weighted by Gasteiger charge is 2.26. The van der Waals surface area contributed by atoms with Gasteiger partial charge in [-0.3, -0.25) is 5.43 Å². The normalized spacial score (nSPS) is 13.1. The minimum Gasteiger partial charge on any atom is -0.701 e. The highest BCUT2D eigenvalue weighted by Crippen LogP contribution is 2.29. The van der Waals surface area contributed by atoms with Crippen LogP contribution in [0.25, 0.3) is 0 Å². The molecule has 0 aliphatic rings. The van der Waals surface area contributed by atoms with Crippen molar-refractivity contribution in [2.24, 2.45) is 5.84 Å². The molecule has 0 aromatic carbocycles. The number of nitrogens with two attached hydrogens (primary N) is 1. The molecule has 1 rings (SSSR count). The van der Waals surface area contributed by atoms with E-state index in [1.54, 1.807) is 0 Å². The minimum absolute atomic E-state index is 0.109. The molecule has 0 spiro atoms. The first-order valence-electron chi connectivity index (χ1n) is 2.76. The zero-order chi connectivity index (χ0) is 9.35. The van der Waals surface area contributed by atoms with Gasteiger partial charge in [-0.25, -0.2) is 5.84 Å². The van der Waals surface area contributed by atoms with Crippen molar-refractivity contribution in [1.29, 1.82) is 0 Å². The first-order valence-corrected chi connectivity index (χ1v) is 5.87. The van der Waals surface area contributed by atoms with Crippen molar-refractivity contribution in [3.8, 4) is 0 Å². The fourth-order valence-corrected chi connectivity index (χ4v) is 2.99. The van der Waals surface area contributed by atoms with E-state index in [9.17, 15) is 13.0 Å². The predicted molar refractivity (Wildman–Crippen MR) is 42.2 cm³/mol. The molecule has 3 N–H and O–H groups in total. The van der Waals surface area contributed by atoms with Crippen LogP contribution in [0.4, 0.5) is 5.13 Å². The van der Waals surface area contributed by atoms with Crippen molar-refractivity contribution >= 4 is 24.0 Å². The van der Waals surface area contributed by atoms with Gasteiger partial charge in [-0.2, -0.15) is 13.4 Å². The van der Waals surface area contributed by atoms with E-state index < -0.39 is 18.8 Å². The number of anilines is 1. The van der Waals surface area contributed by atoms with Crippen molar-refractivity contribution in [3.05, 3.63) is 5.82 Å². The lowest BCUT2D eigenvalue weighted by atomic mass is 10.8. The first-order chi connectivity index (χ1) is 5.45. The van der Waals surface area contributed by atoms with Crippen molar-refractivity contribution in [2.45, 2.75) is 6.92 Å². The van der Waals surface area contributed by atoms with Crippen LogP contribution >= 0.6 is 9.70 Å². The highest BCUT2D eigenvalue weighted by atomic mass is 33.2. The number of rotatable bonds is 2. The zero-order valence-electron chi connectivity index (χ0n) is 6.01. The largest absolute Gasteiger partial charge is 0.701 e. The summed E-state index contributed by atoms with van der Waals surface area (Å²) in [5.41, 5.74) is 2.02. The lowest BCUT2D eigenvalue weighted by Gasteiger charge is -1.92. The lowest BCUT2D eigenvalue weighted by molar-refractivity contribution is 0.481. The molecule has 1 atom stereocenters. The van der Waals surface area contributed by atoms with Gasteiger partial charge in [-0.1, -0.05) is 0 Å². The Balaban J connectivity index is 3.33. The molecule has 0 radical (unpaired) electrons. The van der Waals surface area contributed by atoms with Crippen LogP contribution in [0.15, 0.2) is 0 Å². The maximum Gasteiger partial charge on any atom is 0.397 e. The number of hydrogen-bond acceptors (Lipinski definition) is 7. The van der Waals surface area contributed by atoms with Gasteiger partial charge in [-0.15, -0.1) is 0 Å². The van der Waals surface area contributed by atoms with Gasteiger partial charge in [0.05, 0.1) is 0 Å². The summed E-state index contributed by atoms with van der Waals surface area (Å²) in [6, 6.07) is 0. The third-order valence-corrected chi connectivity index (χ3v) is 4.17. The molecule has 1 unspecified atom stereocenters. The maximum absolute atomic E-state index is 10.5. The van der Waals surface area contributed by atoms with Crippen LogP contribution in [-0.4, -0.2) is 22.3 Å². The molecule has 1 aromatic rings. The second kappa shape index (κ2) is 2.94. The fraction of sp³-hybridized carbons (Fsp3) is 0.333. The summed E-state index contributed by atoms with van der Waals surface area (Å²) in [5, 5.41) is -0.109. The van der Waals surface area contributed by atoms with Crippen LogP contribution in [0, 0.1) is 6.92 Å². The molecule has 68 valence electrons. The molecule has 7 nitrogen and oxygen atoms in total. The summed E-state index contributed by atoms with van der Waals surface area (Å²) in [6.45, 7) is 1.48. The standard InChI is InChI=1S/C3H6N4O3S2/c1-2-5-3(6-4)11(7-2)12(8,9)10/h4H2,1H3,(H-,5,6,7,8,9,10). The van der Waals surface area contributed by atoms with Gasteiger partial charge in [-0.05, 0) is 4.37 Å². The second-order valence-electron chi connectivity index (χ2n) is 1.86. The topological polar surface area (TPSA) is 121 Å². The Kier molecular flexibility index (Phi) is 2.28. The van der Waals surface area contributed by atoms with E-state index in [2.05, 4.69) is 9.36 Å².